The molecule has 1 heterocycles. The second-order valence-electron chi connectivity index (χ2n) is 5.34. The molecule has 0 saturated heterocycles. The molecule has 2 aromatic carbocycles. The normalized spacial score (nSPS) is 14.7. The molecule has 0 aromatic heterocycles. The fourth-order valence-electron chi connectivity index (χ4n) is 2.68. The Morgan fingerprint density at radius 1 is 1.27 bits per heavy atom. The van der Waals surface area contributed by atoms with Gasteiger partial charge in [0.2, 0.25) is 0 Å². The smallest absolute Gasteiger partial charge is 0.119 e. The van der Waals surface area contributed by atoms with Crippen molar-refractivity contribution in [1.82, 2.24) is 4.90 Å². The van der Waals surface area contributed by atoms with E-state index in [1.54, 1.807) is 7.11 Å². The second-order valence-corrected chi connectivity index (χ2v) is 6.48. The van der Waals surface area contributed by atoms with Crippen molar-refractivity contribution in [2.45, 2.75) is 18.0 Å². The van der Waals surface area contributed by atoms with Crippen LogP contribution in [0.3, 0.4) is 0 Å². The van der Waals surface area contributed by atoms with Gasteiger partial charge in [-0.15, -0.1) is 11.8 Å². The molecule has 0 saturated carbocycles. The van der Waals surface area contributed by atoms with Gasteiger partial charge in [0.1, 0.15) is 5.75 Å². The minimum absolute atomic E-state index is 0.726. The van der Waals surface area contributed by atoms with Gasteiger partial charge in [0.15, 0.2) is 0 Å². The van der Waals surface area contributed by atoms with Crippen LogP contribution in [0.2, 0.25) is 0 Å². The number of thioether (sulfide) groups is 1. The summed E-state index contributed by atoms with van der Waals surface area (Å²) >= 11 is 1.90. The van der Waals surface area contributed by atoms with Crippen LogP contribution in [0, 0.1) is 11.3 Å². The Balaban J connectivity index is 1.78. The number of benzene rings is 2. The molecule has 0 N–H and O–H groups in total. The first kappa shape index (κ1) is 15.0. The second kappa shape index (κ2) is 6.87. The molecule has 0 bridgehead atoms. The Labute approximate surface area is 135 Å². The molecule has 22 heavy (non-hydrogen) atoms. The van der Waals surface area contributed by atoms with E-state index < -0.39 is 0 Å². The van der Waals surface area contributed by atoms with E-state index in [0.29, 0.717) is 0 Å². The van der Waals surface area contributed by atoms with Gasteiger partial charge in [0.05, 0.1) is 18.7 Å². The summed E-state index contributed by atoms with van der Waals surface area (Å²) in [6.45, 7) is 2.82. The van der Waals surface area contributed by atoms with Crippen LogP contribution >= 0.6 is 11.8 Å². The molecule has 0 unspecified atom stereocenters. The third-order valence-corrected chi connectivity index (χ3v) is 4.88. The molecule has 0 radical (unpaired) electrons. The largest absolute Gasteiger partial charge is 0.497 e. The summed E-state index contributed by atoms with van der Waals surface area (Å²) in [5.74, 6) is 1.99. The predicted octanol–water partition coefficient (Wildman–Crippen LogP) is 3.67. The lowest BCUT2D eigenvalue weighted by Crippen LogP contribution is -2.24. The fourth-order valence-corrected chi connectivity index (χ4v) is 3.73. The summed E-state index contributed by atoms with van der Waals surface area (Å²) in [6, 6.07) is 16.4. The Hall–Kier alpha value is -1.96. The molecular formula is C18H18N2OS. The number of rotatable bonds is 3. The zero-order valence-electron chi connectivity index (χ0n) is 12.6. The summed E-state index contributed by atoms with van der Waals surface area (Å²) in [5.41, 5.74) is 3.23. The van der Waals surface area contributed by atoms with Crippen LogP contribution in [0.15, 0.2) is 47.4 Å². The third kappa shape index (κ3) is 3.44. The average molecular weight is 310 g/mol. The van der Waals surface area contributed by atoms with Crippen LogP contribution in [-0.2, 0) is 13.1 Å². The molecule has 0 amide bonds. The van der Waals surface area contributed by atoms with Gasteiger partial charge in [-0.2, -0.15) is 5.26 Å². The highest BCUT2D eigenvalue weighted by Gasteiger charge is 2.16. The van der Waals surface area contributed by atoms with Crippen LogP contribution in [0.5, 0.6) is 5.75 Å². The van der Waals surface area contributed by atoms with Gasteiger partial charge in [-0.3, -0.25) is 4.90 Å². The summed E-state index contributed by atoms with van der Waals surface area (Å²) in [7, 11) is 1.71. The van der Waals surface area contributed by atoms with Crippen molar-refractivity contribution in [2.75, 3.05) is 19.4 Å². The number of fused-ring (bicyclic) bond motifs is 1. The lowest BCUT2D eigenvalue weighted by Gasteiger charge is -2.20. The molecule has 112 valence electrons. The summed E-state index contributed by atoms with van der Waals surface area (Å²) < 4.78 is 5.34. The third-order valence-electron chi connectivity index (χ3n) is 3.79. The van der Waals surface area contributed by atoms with E-state index in [9.17, 15) is 0 Å². The lowest BCUT2D eigenvalue weighted by molar-refractivity contribution is 0.273. The summed E-state index contributed by atoms with van der Waals surface area (Å²) in [4.78, 5) is 3.77. The zero-order chi connectivity index (χ0) is 15.4. The van der Waals surface area contributed by atoms with Gasteiger partial charge in [-0.1, -0.05) is 12.1 Å². The molecule has 0 atom stereocenters. The van der Waals surface area contributed by atoms with Gasteiger partial charge in [-0.05, 0) is 41.5 Å². The molecule has 0 fully saturated rings. The number of nitrogens with zero attached hydrogens (tertiary/aromatic N) is 2. The predicted molar refractivity (Wildman–Crippen MR) is 89.0 cm³/mol. The number of ether oxygens (including phenoxy) is 1. The van der Waals surface area contributed by atoms with Crippen molar-refractivity contribution in [3.8, 4) is 11.8 Å². The van der Waals surface area contributed by atoms with E-state index in [4.69, 9.17) is 10.00 Å². The Morgan fingerprint density at radius 2 is 2.18 bits per heavy atom. The topological polar surface area (TPSA) is 36.3 Å². The summed E-state index contributed by atoms with van der Waals surface area (Å²) in [6.07, 6.45) is 0. The Bertz CT molecular complexity index is 708. The number of hydrogen-bond donors (Lipinski definition) is 0. The Morgan fingerprint density at radius 3 is 3.00 bits per heavy atom. The van der Waals surface area contributed by atoms with Gasteiger partial charge < -0.3 is 4.74 Å². The van der Waals surface area contributed by atoms with Gasteiger partial charge in [-0.25, -0.2) is 0 Å². The fraction of sp³-hybridized carbons (Fsp3) is 0.278. The molecule has 4 heteroatoms. The van der Waals surface area contributed by atoms with Crippen molar-refractivity contribution < 1.29 is 4.74 Å². The zero-order valence-corrected chi connectivity index (χ0v) is 13.4. The SMILES string of the molecule is COc1ccc2c(c1)CN(Cc1cccc(C#N)c1)CCS2. The first-order valence-corrected chi connectivity index (χ1v) is 8.28. The quantitative estimate of drug-likeness (QED) is 0.866. The number of methoxy groups -OCH3 is 1. The standard InChI is InChI=1S/C18H18N2OS/c1-21-17-5-6-18-16(10-17)13-20(7-8-22-18)12-15-4-2-3-14(9-15)11-19/h2-6,9-10H,7-8,12-13H2,1H3. The van der Waals surface area contributed by atoms with Crippen LogP contribution < -0.4 is 4.74 Å². The van der Waals surface area contributed by atoms with E-state index >= 15 is 0 Å². The van der Waals surface area contributed by atoms with E-state index in [1.165, 1.54) is 16.0 Å². The van der Waals surface area contributed by atoms with E-state index in [-0.39, 0.29) is 0 Å². The highest BCUT2D eigenvalue weighted by atomic mass is 32.2. The van der Waals surface area contributed by atoms with Crippen LogP contribution in [0.4, 0.5) is 0 Å². The lowest BCUT2D eigenvalue weighted by atomic mass is 10.1. The van der Waals surface area contributed by atoms with Crippen LogP contribution in [0.25, 0.3) is 0 Å². The van der Waals surface area contributed by atoms with Gasteiger partial charge >= 0.3 is 0 Å². The first-order valence-electron chi connectivity index (χ1n) is 7.29. The van der Waals surface area contributed by atoms with Gasteiger partial charge in [0.25, 0.3) is 0 Å². The molecule has 2 aromatic rings. The van der Waals surface area contributed by atoms with Crippen LogP contribution in [0.1, 0.15) is 16.7 Å². The van der Waals surface area contributed by atoms with Crippen LogP contribution in [-0.4, -0.2) is 24.3 Å². The van der Waals surface area contributed by atoms with E-state index in [2.05, 4.69) is 29.2 Å². The average Bonchev–Trinajstić information content (AvgIpc) is 2.75. The maximum absolute atomic E-state index is 9.02. The minimum atomic E-state index is 0.726. The van der Waals surface area contributed by atoms with Crippen molar-refractivity contribution in [3.63, 3.8) is 0 Å². The highest BCUT2D eigenvalue weighted by molar-refractivity contribution is 7.99. The molecular weight excluding hydrogens is 292 g/mol. The van der Waals surface area contributed by atoms with Crippen molar-refractivity contribution in [2.24, 2.45) is 0 Å². The molecule has 1 aliphatic heterocycles. The molecule has 1 aliphatic rings. The number of hydrogen-bond acceptors (Lipinski definition) is 4. The molecule has 3 rings (SSSR count). The first-order chi connectivity index (χ1) is 10.8. The minimum Gasteiger partial charge on any atom is -0.497 e. The molecule has 3 nitrogen and oxygen atoms in total. The maximum Gasteiger partial charge on any atom is 0.119 e. The number of nitriles is 1. The van der Waals surface area contributed by atoms with Gasteiger partial charge in [0, 0.05) is 30.3 Å². The molecule has 0 spiro atoms. The van der Waals surface area contributed by atoms with Crippen molar-refractivity contribution in [3.05, 3.63) is 59.2 Å². The Kier molecular flexibility index (Phi) is 4.67. The maximum atomic E-state index is 9.02. The van der Waals surface area contributed by atoms with E-state index in [0.717, 1.165) is 36.7 Å². The monoisotopic (exact) mass is 310 g/mol. The highest BCUT2D eigenvalue weighted by Crippen LogP contribution is 2.30. The summed E-state index contributed by atoms with van der Waals surface area (Å²) in [5, 5.41) is 9.02. The molecule has 0 aliphatic carbocycles. The van der Waals surface area contributed by atoms with E-state index in [1.807, 2.05) is 36.0 Å². The van der Waals surface area contributed by atoms with Crippen molar-refractivity contribution >= 4 is 11.8 Å². The van der Waals surface area contributed by atoms with Crippen molar-refractivity contribution in [1.29, 1.82) is 5.26 Å².